The smallest absolute Gasteiger partial charge is 0.159 e. The third-order valence-corrected chi connectivity index (χ3v) is 4.84. The molecule has 0 atom stereocenters. The maximum absolute atomic E-state index is 6.15. The fourth-order valence-corrected chi connectivity index (χ4v) is 3.08. The second kappa shape index (κ2) is 7.28. The van der Waals surface area contributed by atoms with Crippen LogP contribution in [0.2, 0.25) is 10.0 Å². The maximum atomic E-state index is 6.15. The Hall–Kier alpha value is -2.68. The molecule has 0 saturated heterocycles. The van der Waals surface area contributed by atoms with Crippen molar-refractivity contribution in [3.8, 4) is 33.8 Å². The SMILES string of the molecule is Clc1ccc(-c2cccc(-c3nccc(-c4ccccc4)n3)c2)cc1Cl. The lowest BCUT2D eigenvalue weighted by Crippen LogP contribution is -1.92. The Balaban J connectivity index is 1.74. The summed E-state index contributed by atoms with van der Waals surface area (Å²) >= 11 is 12.2. The topological polar surface area (TPSA) is 25.8 Å². The second-order valence-electron chi connectivity index (χ2n) is 5.84. The Morgan fingerprint density at radius 3 is 2.12 bits per heavy atom. The molecule has 0 aliphatic carbocycles. The van der Waals surface area contributed by atoms with Crippen LogP contribution in [0.4, 0.5) is 0 Å². The average molecular weight is 377 g/mol. The summed E-state index contributed by atoms with van der Waals surface area (Å²) in [6, 6.07) is 25.7. The van der Waals surface area contributed by atoms with E-state index in [1.807, 2.05) is 66.7 Å². The zero-order valence-corrected chi connectivity index (χ0v) is 15.2. The maximum Gasteiger partial charge on any atom is 0.159 e. The molecule has 0 saturated carbocycles. The van der Waals surface area contributed by atoms with Crippen molar-refractivity contribution >= 4 is 23.2 Å². The van der Waals surface area contributed by atoms with Crippen LogP contribution in [0.15, 0.2) is 85.1 Å². The summed E-state index contributed by atoms with van der Waals surface area (Å²) in [7, 11) is 0. The van der Waals surface area contributed by atoms with Crippen LogP contribution < -0.4 is 0 Å². The van der Waals surface area contributed by atoms with E-state index in [-0.39, 0.29) is 0 Å². The van der Waals surface area contributed by atoms with Crippen LogP contribution in [0.5, 0.6) is 0 Å². The molecule has 4 rings (SSSR count). The fourth-order valence-electron chi connectivity index (χ4n) is 2.78. The van der Waals surface area contributed by atoms with Gasteiger partial charge in [-0.15, -0.1) is 0 Å². The summed E-state index contributed by atoms with van der Waals surface area (Å²) < 4.78 is 0. The minimum atomic E-state index is 0.539. The predicted molar refractivity (Wildman–Crippen MR) is 108 cm³/mol. The van der Waals surface area contributed by atoms with Crippen LogP contribution >= 0.6 is 23.2 Å². The van der Waals surface area contributed by atoms with E-state index in [9.17, 15) is 0 Å². The van der Waals surface area contributed by atoms with Crippen LogP contribution in [0.1, 0.15) is 0 Å². The molecular formula is C22H14Cl2N2. The minimum absolute atomic E-state index is 0.539. The summed E-state index contributed by atoms with van der Waals surface area (Å²) in [5.74, 6) is 0.688. The van der Waals surface area contributed by atoms with Gasteiger partial charge in [-0.1, -0.05) is 77.8 Å². The molecule has 4 heteroatoms. The highest BCUT2D eigenvalue weighted by Crippen LogP contribution is 2.30. The second-order valence-corrected chi connectivity index (χ2v) is 6.66. The summed E-state index contributed by atoms with van der Waals surface area (Å²) in [6.07, 6.45) is 1.79. The molecule has 0 aliphatic heterocycles. The highest BCUT2D eigenvalue weighted by molar-refractivity contribution is 6.42. The van der Waals surface area contributed by atoms with E-state index in [4.69, 9.17) is 28.2 Å². The molecule has 0 fully saturated rings. The first-order valence-electron chi connectivity index (χ1n) is 8.15. The molecule has 0 bridgehead atoms. The highest BCUT2D eigenvalue weighted by Gasteiger charge is 2.07. The van der Waals surface area contributed by atoms with E-state index in [0.29, 0.717) is 15.9 Å². The molecule has 1 heterocycles. The number of benzene rings is 3. The first-order valence-corrected chi connectivity index (χ1v) is 8.91. The number of nitrogens with zero attached hydrogens (tertiary/aromatic N) is 2. The monoisotopic (exact) mass is 376 g/mol. The van der Waals surface area contributed by atoms with E-state index in [2.05, 4.69) is 11.1 Å². The summed E-state index contributed by atoms with van der Waals surface area (Å²) in [4.78, 5) is 9.16. The Morgan fingerprint density at radius 2 is 1.31 bits per heavy atom. The quantitative estimate of drug-likeness (QED) is 0.393. The lowest BCUT2D eigenvalue weighted by Gasteiger charge is -2.07. The molecular weight excluding hydrogens is 363 g/mol. The average Bonchev–Trinajstić information content (AvgIpc) is 2.71. The third-order valence-electron chi connectivity index (χ3n) is 4.10. The van der Waals surface area contributed by atoms with Gasteiger partial charge in [-0.2, -0.15) is 0 Å². The normalized spacial score (nSPS) is 10.7. The van der Waals surface area contributed by atoms with Gasteiger partial charge in [0, 0.05) is 17.3 Å². The molecule has 3 aromatic carbocycles. The van der Waals surface area contributed by atoms with Crippen molar-refractivity contribution in [1.29, 1.82) is 0 Å². The fraction of sp³-hybridized carbons (Fsp3) is 0. The van der Waals surface area contributed by atoms with E-state index >= 15 is 0 Å². The van der Waals surface area contributed by atoms with E-state index < -0.39 is 0 Å². The largest absolute Gasteiger partial charge is 0.237 e. The van der Waals surface area contributed by atoms with Crippen LogP contribution in [-0.4, -0.2) is 9.97 Å². The van der Waals surface area contributed by atoms with Gasteiger partial charge < -0.3 is 0 Å². The molecule has 0 spiro atoms. The zero-order chi connectivity index (χ0) is 17.9. The Bertz CT molecular complexity index is 1060. The lowest BCUT2D eigenvalue weighted by atomic mass is 10.0. The van der Waals surface area contributed by atoms with Gasteiger partial charge in [0.15, 0.2) is 5.82 Å². The Kier molecular flexibility index (Phi) is 4.70. The summed E-state index contributed by atoms with van der Waals surface area (Å²) in [5, 5.41) is 1.09. The molecule has 0 radical (unpaired) electrons. The first-order chi connectivity index (χ1) is 12.7. The Labute approximate surface area is 162 Å². The number of halogens is 2. The van der Waals surface area contributed by atoms with Gasteiger partial charge in [-0.3, -0.25) is 0 Å². The van der Waals surface area contributed by atoms with Crippen molar-refractivity contribution in [3.63, 3.8) is 0 Å². The molecule has 4 aromatic rings. The third kappa shape index (κ3) is 3.48. The van der Waals surface area contributed by atoms with E-state index in [1.54, 1.807) is 12.3 Å². The van der Waals surface area contributed by atoms with Crippen molar-refractivity contribution in [2.45, 2.75) is 0 Å². The van der Waals surface area contributed by atoms with Gasteiger partial charge in [0.2, 0.25) is 0 Å². The van der Waals surface area contributed by atoms with Gasteiger partial charge in [-0.25, -0.2) is 9.97 Å². The van der Waals surface area contributed by atoms with Crippen molar-refractivity contribution in [2.75, 3.05) is 0 Å². The van der Waals surface area contributed by atoms with E-state index in [0.717, 1.165) is 27.9 Å². The number of aromatic nitrogens is 2. The summed E-state index contributed by atoms with van der Waals surface area (Å²) in [6.45, 7) is 0. The number of hydrogen-bond donors (Lipinski definition) is 0. The van der Waals surface area contributed by atoms with Crippen LogP contribution in [0.25, 0.3) is 33.8 Å². The van der Waals surface area contributed by atoms with Crippen molar-refractivity contribution < 1.29 is 0 Å². The molecule has 1 aromatic heterocycles. The predicted octanol–water partition coefficient (Wildman–Crippen LogP) is 6.78. The van der Waals surface area contributed by atoms with Crippen LogP contribution in [0, 0.1) is 0 Å². The first kappa shape index (κ1) is 16.8. The van der Waals surface area contributed by atoms with Gasteiger partial charge in [0.25, 0.3) is 0 Å². The summed E-state index contributed by atoms with van der Waals surface area (Å²) in [5.41, 5.74) is 4.95. The van der Waals surface area contributed by atoms with E-state index in [1.165, 1.54) is 0 Å². The number of hydrogen-bond acceptors (Lipinski definition) is 2. The highest BCUT2D eigenvalue weighted by atomic mass is 35.5. The molecule has 0 N–H and O–H groups in total. The standard InChI is InChI=1S/C22H14Cl2N2/c23-19-10-9-17(14-20(19)24)16-7-4-8-18(13-16)22-25-12-11-21(26-22)15-5-2-1-3-6-15/h1-14H. The van der Waals surface area contributed by atoms with Crippen molar-refractivity contribution in [2.24, 2.45) is 0 Å². The van der Waals surface area contributed by atoms with Gasteiger partial charge in [-0.05, 0) is 35.4 Å². The van der Waals surface area contributed by atoms with Crippen LogP contribution in [0.3, 0.4) is 0 Å². The Morgan fingerprint density at radius 1 is 0.577 bits per heavy atom. The molecule has 0 amide bonds. The van der Waals surface area contributed by atoms with Crippen LogP contribution in [-0.2, 0) is 0 Å². The molecule has 126 valence electrons. The van der Waals surface area contributed by atoms with Crippen molar-refractivity contribution in [3.05, 3.63) is 95.1 Å². The van der Waals surface area contributed by atoms with Crippen molar-refractivity contribution in [1.82, 2.24) is 9.97 Å². The molecule has 0 aliphatic rings. The molecule has 26 heavy (non-hydrogen) atoms. The molecule has 0 unspecified atom stereocenters. The molecule has 2 nitrogen and oxygen atoms in total. The zero-order valence-electron chi connectivity index (χ0n) is 13.7. The van der Waals surface area contributed by atoms with Gasteiger partial charge in [0.05, 0.1) is 15.7 Å². The van der Waals surface area contributed by atoms with Gasteiger partial charge >= 0.3 is 0 Å². The number of rotatable bonds is 3. The minimum Gasteiger partial charge on any atom is -0.237 e. The van der Waals surface area contributed by atoms with Gasteiger partial charge in [0.1, 0.15) is 0 Å². The lowest BCUT2D eigenvalue weighted by molar-refractivity contribution is 1.18.